The Balaban J connectivity index is 1.88. The smallest absolute Gasteiger partial charge is 0.287 e. The Morgan fingerprint density at radius 2 is 2.03 bits per heavy atom. The third kappa shape index (κ3) is 3.88. The molecule has 0 atom stereocenters. The first kappa shape index (κ1) is 19.2. The Hall–Kier alpha value is -3.14. The van der Waals surface area contributed by atoms with Crippen molar-refractivity contribution in [1.82, 2.24) is 19.7 Å². The molecule has 1 aliphatic heterocycles. The Morgan fingerprint density at radius 1 is 1.28 bits per heavy atom. The lowest BCUT2D eigenvalue weighted by Crippen LogP contribution is -2.36. The van der Waals surface area contributed by atoms with E-state index >= 15 is 0 Å². The maximum atomic E-state index is 13.8. The van der Waals surface area contributed by atoms with Crippen molar-refractivity contribution in [3.05, 3.63) is 36.2 Å². The molecule has 0 unspecified atom stereocenters. The molecule has 0 spiro atoms. The highest BCUT2D eigenvalue weighted by molar-refractivity contribution is 5.95. The highest BCUT2D eigenvalue weighted by Gasteiger charge is 2.27. The summed E-state index contributed by atoms with van der Waals surface area (Å²) in [5.41, 5.74) is 0.261. The van der Waals surface area contributed by atoms with Crippen LogP contribution in [-0.4, -0.2) is 52.0 Å². The van der Waals surface area contributed by atoms with Crippen molar-refractivity contribution in [2.24, 2.45) is 0 Å². The number of anilines is 2. The SMILES string of the molecule is CC(=O)Nc1cc2c(cn1)c(N1CCOCC1)nn2-c1cccc(C(C)(F)F)n1. The lowest BCUT2D eigenvalue weighted by Gasteiger charge is -2.26. The van der Waals surface area contributed by atoms with E-state index in [0.717, 1.165) is 12.3 Å². The number of halogens is 2. The summed E-state index contributed by atoms with van der Waals surface area (Å²) in [4.78, 5) is 21.9. The normalized spacial score (nSPS) is 15.0. The first-order valence-electron chi connectivity index (χ1n) is 9.18. The lowest BCUT2D eigenvalue weighted by molar-refractivity contribution is -0.114. The van der Waals surface area contributed by atoms with Crippen molar-refractivity contribution in [3.63, 3.8) is 0 Å². The summed E-state index contributed by atoms with van der Waals surface area (Å²) < 4.78 is 34.5. The fraction of sp³-hybridized carbons (Fsp3) is 0.368. The van der Waals surface area contributed by atoms with Crippen LogP contribution in [0.4, 0.5) is 20.4 Å². The molecule has 3 aromatic heterocycles. The molecular formula is C19H20F2N6O2. The van der Waals surface area contributed by atoms with Gasteiger partial charge in [-0.1, -0.05) is 6.07 Å². The molecule has 3 aromatic rings. The number of rotatable bonds is 4. The minimum atomic E-state index is -3.07. The molecular weight excluding hydrogens is 382 g/mol. The maximum absolute atomic E-state index is 13.8. The number of morpholine rings is 1. The molecule has 1 saturated heterocycles. The van der Waals surface area contributed by atoms with Crippen LogP contribution in [0.3, 0.4) is 0 Å². The van der Waals surface area contributed by atoms with Gasteiger partial charge >= 0.3 is 0 Å². The summed E-state index contributed by atoms with van der Waals surface area (Å²) in [6, 6.07) is 6.07. The minimum absolute atomic E-state index is 0.258. The highest BCUT2D eigenvalue weighted by Crippen LogP contribution is 2.31. The highest BCUT2D eigenvalue weighted by atomic mass is 19.3. The van der Waals surface area contributed by atoms with Crippen LogP contribution in [0.15, 0.2) is 30.5 Å². The van der Waals surface area contributed by atoms with E-state index in [4.69, 9.17) is 4.74 Å². The zero-order chi connectivity index (χ0) is 20.6. The summed E-state index contributed by atoms with van der Waals surface area (Å²) in [6.07, 6.45) is 1.62. The summed E-state index contributed by atoms with van der Waals surface area (Å²) >= 11 is 0. The van der Waals surface area contributed by atoms with Crippen LogP contribution in [0.25, 0.3) is 16.7 Å². The molecule has 0 aromatic carbocycles. The number of nitrogens with one attached hydrogen (secondary N) is 1. The van der Waals surface area contributed by atoms with Crippen molar-refractivity contribution in [2.45, 2.75) is 19.8 Å². The standard InChI is InChI=1S/C19H20F2N6O2/c1-12(28)23-16-10-14-13(11-22-16)18(26-6-8-29-9-7-26)25-27(14)17-5-3-4-15(24-17)19(2,20)21/h3-5,10-11H,6-9H2,1-2H3,(H,22,23,28). The first-order valence-corrected chi connectivity index (χ1v) is 9.18. The van der Waals surface area contributed by atoms with Crippen molar-refractivity contribution < 1.29 is 18.3 Å². The van der Waals surface area contributed by atoms with Crippen molar-refractivity contribution >= 4 is 28.4 Å². The maximum Gasteiger partial charge on any atom is 0.287 e. The van der Waals surface area contributed by atoms with Gasteiger partial charge in [-0.3, -0.25) is 4.79 Å². The monoisotopic (exact) mass is 402 g/mol. The number of ether oxygens (including phenoxy) is 1. The van der Waals surface area contributed by atoms with Gasteiger partial charge in [0, 0.05) is 39.2 Å². The Bertz CT molecular complexity index is 1060. The van der Waals surface area contributed by atoms with Crippen LogP contribution < -0.4 is 10.2 Å². The van der Waals surface area contributed by atoms with E-state index in [1.165, 1.54) is 23.7 Å². The Morgan fingerprint density at radius 3 is 2.72 bits per heavy atom. The summed E-state index contributed by atoms with van der Waals surface area (Å²) in [7, 11) is 0. The lowest BCUT2D eigenvalue weighted by atomic mass is 10.2. The molecule has 29 heavy (non-hydrogen) atoms. The van der Waals surface area contributed by atoms with Gasteiger partial charge in [-0.2, -0.15) is 8.78 Å². The van der Waals surface area contributed by atoms with Crippen molar-refractivity contribution in [1.29, 1.82) is 0 Å². The number of fused-ring (bicyclic) bond motifs is 1. The van der Waals surface area contributed by atoms with E-state index in [0.29, 0.717) is 43.5 Å². The number of carbonyl (C=O) groups excluding carboxylic acids is 1. The van der Waals surface area contributed by atoms with Gasteiger partial charge < -0.3 is 15.0 Å². The number of nitrogens with zero attached hydrogens (tertiary/aromatic N) is 5. The second kappa shape index (κ2) is 7.36. The van der Waals surface area contributed by atoms with Gasteiger partial charge in [-0.15, -0.1) is 5.10 Å². The summed E-state index contributed by atoms with van der Waals surface area (Å²) in [5, 5.41) is 8.02. The number of alkyl halides is 2. The predicted octanol–water partition coefficient (Wildman–Crippen LogP) is 2.72. The molecule has 0 bridgehead atoms. The zero-order valence-electron chi connectivity index (χ0n) is 16.0. The van der Waals surface area contributed by atoms with E-state index in [9.17, 15) is 13.6 Å². The number of aromatic nitrogens is 4. The second-order valence-electron chi connectivity index (χ2n) is 6.87. The van der Waals surface area contributed by atoms with Crippen molar-refractivity contribution in [2.75, 3.05) is 36.5 Å². The van der Waals surface area contributed by atoms with Crippen LogP contribution in [0, 0.1) is 0 Å². The van der Waals surface area contributed by atoms with Gasteiger partial charge in [0.2, 0.25) is 5.91 Å². The van der Waals surface area contributed by atoms with E-state index in [1.807, 2.05) is 0 Å². The van der Waals surface area contributed by atoms with Gasteiger partial charge in [0.1, 0.15) is 11.5 Å². The van der Waals surface area contributed by atoms with E-state index in [2.05, 4.69) is 25.3 Å². The topological polar surface area (TPSA) is 85.2 Å². The van der Waals surface area contributed by atoms with Gasteiger partial charge in [0.25, 0.3) is 5.92 Å². The first-order chi connectivity index (χ1) is 13.8. The third-order valence-corrected chi connectivity index (χ3v) is 4.56. The Kier molecular flexibility index (Phi) is 4.87. The number of hydrogen-bond acceptors (Lipinski definition) is 6. The number of carbonyl (C=O) groups is 1. The van der Waals surface area contributed by atoms with Crippen LogP contribution in [0.1, 0.15) is 19.5 Å². The predicted molar refractivity (Wildman–Crippen MR) is 104 cm³/mol. The molecule has 8 nitrogen and oxygen atoms in total. The number of amides is 1. The molecule has 1 amide bonds. The fourth-order valence-electron chi connectivity index (χ4n) is 3.21. The van der Waals surface area contributed by atoms with Crippen LogP contribution >= 0.6 is 0 Å². The number of pyridine rings is 2. The van der Waals surface area contributed by atoms with Crippen LogP contribution in [-0.2, 0) is 15.5 Å². The van der Waals surface area contributed by atoms with Crippen molar-refractivity contribution in [3.8, 4) is 5.82 Å². The fourth-order valence-corrected chi connectivity index (χ4v) is 3.21. The molecule has 0 saturated carbocycles. The molecule has 4 rings (SSSR count). The van der Waals surface area contributed by atoms with Crippen LogP contribution in [0.2, 0.25) is 0 Å². The molecule has 1 aliphatic rings. The van der Waals surface area contributed by atoms with E-state index in [-0.39, 0.29) is 17.4 Å². The number of hydrogen-bond donors (Lipinski definition) is 1. The average Bonchev–Trinajstić information content (AvgIpc) is 3.06. The zero-order valence-corrected chi connectivity index (χ0v) is 16.0. The van der Waals surface area contributed by atoms with Gasteiger partial charge in [-0.25, -0.2) is 14.6 Å². The van der Waals surface area contributed by atoms with Crippen LogP contribution in [0.5, 0.6) is 0 Å². The molecule has 152 valence electrons. The Labute approximate surface area is 165 Å². The van der Waals surface area contributed by atoms with E-state index < -0.39 is 5.92 Å². The van der Waals surface area contributed by atoms with E-state index in [1.54, 1.807) is 18.3 Å². The molecule has 0 aliphatic carbocycles. The molecule has 10 heteroatoms. The summed E-state index contributed by atoms with van der Waals surface area (Å²) in [6.45, 7) is 4.64. The largest absolute Gasteiger partial charge is 0.378 e. The van der Waals surface area contributed by atoms with Gasteiger partial charge in [0.05, 0.1) is 24.1 Å². The van der Waals surface area contributed by atoms with Gasteiger partial charge in [0.15, 0.2) is 11.6 Å². The molecule has 1 N–H and O–H groups in total. The average molecular weight is 402 g/mol. The molecule has 0 radical (unpaired) electrons. The molecule has 4 heterocycles. The van der Waals surface area contributed by atoms with Gasteiger partial charge in [-0.05, 0) is 12.1 Å². The summed E-state index contributed by atoms with van der Waals surface area (Å²) in [5.74, 6) is -2.07. The minimum Gasteiger partial charge on any atom is -0.378 e. The second-order valence-corrected chi connectivity index (χ2v) is 6.87. The quantitative estimate of drug-likeness (QED) is 0.722. The molecule has 1 fully saturated rings. The third-order valence-electron chi connectivity index (χ3n) is 4.56.